The fourth-order valence-corrected chi connectivity index (χ4v) is 5.49. The van der Waals surface area contributed by atoms with Crippen LogP contribution in [0.4, 0.5) is 10.1 Å². The summed E-state index contributed by atoms with van der Waals surface area (Å²) in [6, 6.07) is 10.6. The molecule has 0 radical (unpaired) electrons. The number of nitrogens with zero attached hydrogens (tertiary/aromatic N) is 1. The Labute approximate surface area is 158 Å². The van der Waals surface area contributed by atoms with E-state index in [0.29, 0.717) is 0 Å². The number of rotatable bonds is 6. The largest absolute Gasteiger partial charge is 0.360 e. The van der Waals surface area contributed by atoms with Crippen molar-refractivity contribution in [3.63, 3.8) is 0 Å². The van der Waals surface area contributed by atoms with Crippen LogP contribution in [0.15, 0.2) is 41.8 Å². The molecule has 3 rings (SSSR count). The lowest BCUT2D eigenvalue weighted by Crippen LogP contribution is -3.16. The molecule has 1 aliphatic rings. The van der Waals surface area contributed by atoms with Gasteiger partial charge in [-0.1, -0.05) is 6.07 Å². The SMILES string of the molecule is C[C@@H](NS(C)(=O)=O)[C@H](c1cccs1)[NH+]1CCN(c2ccc(F)cc2)CC1. The summed E-state index contributed by atoms with van der Waals surface area (Å²) in [5, 5.41) is 2.03. The summed E-state index contributed by atoms with van der Waals surface area (Å²) in [7, 11) is -3.26. The van der Waals surface area contributed by atoms with Crippen LogP contribution in [-0.2, 0) is 10.0 Å². The number of sulfonamides is 1. The molecule has 26 heavy (non-hydrogen) atoms. The van der Waals surface area contributed by atoms with E-state index in [1.54, 1.807) is 11.3 Å². The monoisotopic (exact) mass is 398 g/mol. The third-order valence-electron chi connectivity index (χ3n) is 4.79. The minimum absolute atomic E-state index is 0.0834. The van der Waals surface area contributed by atoms with E-state index < -0.39 is 10.0 Å². The van der Waals surface area contributed by atoms with E-state index in [0.717, 1.165) is 31.9 Å². The highest BCUT2D eigenvalue weighted by Gasteiger charge is 2.34. The normalized spacial score (nSPS) is 18.7. The van der Waals surface area contributed by atoms with Crippen molar-refractivity contribution in [2.75, 3.05) is 37.3 Å². The van der Waals surface area contributed by atoms with E-state index in [2.05, 4.69) is 15.7 Å². The van der Waals surface area contributed by atoms with Gasteiger partial charge in [0.25, 0.3) is 0 Å². The lowest BCUT2D eigenvalue weighted by atomic mass is 10.1. The third-order valence-corrected chi connectivity index (χ3v) is 6.54. The van der Waals surface area contributed by atoms with Gasteiger partial charge in [-0.15, -0.1) is 11.3 Å². The van der Waals surface area contributed by atoms with E-state index in [1.165, 1.54) is 28.2 Å². The van der Waals surface area contributed by atoms with Crippen LogP contribution in [0, 0.1) is 5.82 Å². The molecule has 1 saturated heterocycles. The highest BCUT2D eigenvalue weighted by Crippen LogP contribution is 2.21. The Morgan fingerprint density at radius 1 is 1.19 bits per heavy atom. The average Bonchev–Trinajstić information content (AvgIpc) is 3.09. The number of thiophene rings is 1. The van der Waals surface area contributed by atoms with Crippen LogP contribution in [0.25, 0.3) is 0 Å². The maximum Gasteiger partial charge on any atom is 0.209 e. The van der Waals surface area contributed by atoms with Gasteiger partial charge in [0.15, 0.2) is 0 Å². The number of halogens is 1. The Morgan fingerprint density at radius 2 is 1.85 bits per heavy atom. The van der Waals surface area contributed by atoms with Crippen molar-refractivity contribution in [2.45, 2.75) is 19.0 Å². The van der Waals surface area contributed by atoms with Crippen LogP contribution in [0.3, 0.4) is 0 Å². The summed E-state index contributed by atoms with van der Waals surface area (Å²) in [5.41, 5.74) is 1.03. The van der Waals surface area contributed by atoms with E-state index in [-0.39, 0.29) is 17.9 Å². The van der Waals surface area contributed by atoms with Crippen molar-refractivity contribution in [3.8, 4) is 0 Å². The number of piperazine rings is 1. The van der Waals surface area contributed by atoms with E-state index >= 15 is 0 Å². The molecule has 1 aromatic carbocycles. The van der Waals surface area contributed by atoms with Crippen LogP contribution in [0.1, 0.15) is 17.8 Å². The quantitative estimate of drug-likeness (QED) is 0.771. The van der Waals surface area contributed by atoms with Gasteiger partial charge in [0, 0.05) is 5.69 Å². The first kappa shape index (κ1) is 19.3. The molecule has 0 saturated carbocycles. The summed E-state index contributed by atoms with van der Waals surface area (Å²) in [6.45, 7) is 5.44. The zero-order chi connectivity index (χ0) is 18.7. The molecule has 2 heterocycles. The molecule has 0 unspecified atom stereocenters. The van der Waals surface area contributed by atoms with Gasteiger partial charge < -0.3 is 9.80 Å². The smallest absolute Gasteiger partial charge is 0.209 e. The summed E-state index contributed by atoms with van der Waals surface area (Å²) in [4.78, 5) is 4.82. The lowest BCUT2D eigenvalue weighted by Gasteiger charge is -2.39. The van der Waals surface area contributed by atoms with E-state index in [1.807, 2.05) is 30.5 Å². The topological polar surface area (TPSA) is 53.9 Å². The Morgan fingerprint density at radius 3 is 2.38 bits per heavy atom. The molecular weight excluding hydrogens is 373 g/mol. The van der Waals surface area contributed by atoms with Crippen LogP contribution in [0.2, 0.25) is 0 Å². The number of hydrogen-bond acceptors (Lipinski definition) is 4. The number of hydrogen-bond donors (Lipinski definition) is 2. The first-order valence-electron chi connectivity index (χ1n) is 8.69. The molecule has 2 N–H and O–H groups in total. The molecule has 1 aliphatic heterocycles. The fraction of sp³-hybridized carbons (Fsp3) is 0.444. The molecule has 0 spiro atoms. The second-order valence-corrected chi connectivity index (χ2v) is 9.55. The van der Waals surface area contributed by atoms with Crippen molar-refractivity contribution >= 4 is 27.0 Å². The second-order valence-electron chi connectivity index (χ2n) is 6.79. The lowest BCUT2D eigenvalue weighted by molar-refractivity contribution is -0.933. The Kier molecular flexibility index (Phi) is 5.96. The Balaban J connectivity index is 1.72. The highest BCUT2D eigenvalue weighted by atomic mass is 32.2. The molecule has 0 bridgehead atoms. The maximum absolute atomic E-state index is 13.1. The Hall–Kier alpha value is -1.48. The number of benzene rings is 1. The molecule has 0 aliphatic carbocycles. The first-order chi connectivity index (χ1) is 12.3. The molecule has 0 amide bonds. The molecule has 2 atom stereocenters. The molecule has 8 heteroatoms. The molecule has 2 aromatic rings. The summed E-state index contributed by atoms with van der Waals surface area (Å²) >= 11 is 1.67. The third kappa shape index (κ3) is 4.82. The molecule has 1 aromatic heterocycles. The number of anilines is 1. The summed E-state index contributed by atoms with van der Waals surface area (Å²) < 4.78 is 39.3. The first-order valence-corrected chi connectivity index (χ1v) is 11.5. The minimum atomic E-state index is -3.26. The molecule has 5 nitrogen and oxygen atoms in total. The summed E-state index contributed by atoms with van der Waals surface area (Å²) in [6.07, 6.45) is 1.21. The fourth-order valence-electron chi connectivity index (χ4n) is 3.69. The average molecular weight is 399 g/mol. The second kappa shape index (κ2) is 8.04. The van der Waals surface area contributed by atoms with E-state index in [9.17, 15) is 12.8 Å². The molecule has 1 fully saturated rings. The van der Waals surface area contributed by atoms with Crippen LogP contribution in [-0.4, -0.2) is 46.9 Å². The van der Waals surface area contributed by atoms with Gasteiger partial charge in [-0.2, -0.15) is 0 Å². The van der Waals surface area contributed by atoms with Crippen LogP contribution in [0.5, 0.6) is 0 Å². The van der Waals surface area contributed by atoms with Crippen molar-refractivity contribution < 1.29 is 17.7 Å². The standard InChI is InChI=1S/C18H24FN3O2S2/c1-14(20-26(2,23)24)18(17-4-3-13-25-17)22-11-9-21(10-12-22)16-7-5-15(19)6-8-16/h3-8,13-14,18,20H,9-12H2,1-2H3/p+1/t14-,18-/m1/s1. The number of nitrogens with one attached hydrogen (secondary N) is 2. The van der Waals surface area contributed by atoms with Gasteiger partial charge in [0.05, 0.1) is 43.4 Å². The van der Waals surface area contributed by atoms with Gasteiger partial charge in [-0.25, -0.2) is 17.5 Å². The van der Waals surface area contributed by atoms with Crippen molar-refractivity contribution in [3.05, 3.63) is 52.5 Å². The Bertz CT molecular complexity index is 801. The predicted octanol–water partition coefficient (Wildman–Crippen LogP) is 1.27. The van der Waals surface area contributed by atoms with Gasteiger partial charge >= 0.3 is 0 Å². The van der Waals surface area contributed by atoms with Crippen LogP contribution >= 0.6 is 11.3 Å². The van der Waals surface area contributed by atoms with Crippen molar-refractivity contribution in [1.29, 1.82) is 0 Å². The number of quaternary nitrogens is 1. The molecule has 142 valence electrons. The zero-order valence-electron chi connectivity index (χ0n) is 15.0. The molecular formula is C18H25FN3O2S2+. The van der Waals surface area contributed by atoms with Crippen molar-refractivity contribution in [1.82, 2.24) is 4.72 Å². The van der Waals surface area contributed by atoms with Gasteiger partial charge in [0.1, 0.15) is 11.9 Å². The summed E-state index contributed by atoms with van der Waals surface area (Å²) in [5.74, 6) is -0.226. The van der Waals surface area contributed by atoms with E-state index in [4.69, 9.17) is 0 Å². The zero-order valence-corrected chi connectivity index (χ0v) is 16.6. The van der Waals surface area contributed by atoms with Crippen LogP contribution < -0.4 is 14.5 Å². The highest BCUT2D eigenvalue weighted by molar-refractivity contribution is 7.88. The maximum atomic E-state index is 13.1. The van der Waals surface area contributed by atoms with Gasteiger partial charge in [-0.3, -0.25) is 0 Å². The predicted molar refractivity (Wildman–Crippen MR) is 104 cm³/mol. The van der Waals surface area contributed by atoms with Crippen molar-refractivity contribution in [2.24, 2.45) is 0 Å². The van der Waals surface area contributed by atoms with Gasteiger partial charge in [0.2, 0.25) is 10.0 Å². The van der Waals surface area contributed by atoms with Gasteiger partial charge in [-0.05, 0) is 42.6 Å². The minimum Gasteiger partial charge on any atom is -0.360 e.